The smallest absolute Gasteiger partial charge is 0.240 e. The Morgan fingerprint density at radius 1 is 1.35 bits per heavy atom. The van der Waals surface area contributed by atoms with Crippen LogP contribution in [0.1, 0.15) is 23.8 Å². The number of nitrogens with zero attached hydrogens (tertiary/aromatic N) is 5. The monoisotopic (exact) mass is 227 g/mol. The Hall–Kier alpha value is -2.29. The van der Waals surface area contributed by atoms with E-state index in [4.69, 9.17) is 9.78 Å². The Kier molecular flexibility index (Phi) is 2.11. The van der Waals surface area contributed by atoms with E-state index in [1.807, 2.05) is 6.92 Å². The maximum Gasteiger partial charge on any atom is 0.240 e. The quantitative estimate of drug-likeness (QED) is 0.771. The van der Waals surface area contributed by atoms with Gasteiger partial charge in [0.05, 0.1) is 17.9 Å². The van der Waals surface area contributed by atoms with Gasteiger partial charge in [0.25, 0.3) is 0 Å². The van der Waals surface area contributed by atoms with E-state index in [0.717, 1.165) is 12.0 Å². The van der Waals surface area contributed by atoms with E-state index in [1.165, 1.54) is 0 Å². The molecule has 2 unspecified atom stereocenters. The molecule has 2 aromatic rings. The van der Waals surface area contributed by atoms with Gasteiger partial charge in [-0.3, -0.25) is 0 Å². The summed E-state index contributed by atoms with van der Waals surface area (Å²) in [4.78, 5) is 12.5. The van der Waals surface area contributed by atoms with Crippen molar-refractivity contribution >= 4 is 0 Å². The molecule has 84 valence electrons. The minimum atomic E-state index is 0.0160. The van der Waals surface area contributed by atoms with Gasteiger partial charge in [0.2, 0.25) is 17.5 Å². The third-order valence-electron chi connectivity index (χ3n) is 2.70. The molecule has 1 fully saturated rings. The molecular weight excluding hydrogens is 218 g/mol. The van der Waals surface area contributed by atoms with E-state index in [9.17, 15) is 0 Å². The largest absolute Gasteiger partial charge is 0.339 e. The predicted molar refractivity (Wildman–Crippen MR) is 56.5 cm³/mol. The fourth-order valence-corrected chi connectivity index (χ4v) is 1.60. The molecule has 6 heteroatoms. The van der Waals surface area contributed by atoms with Crippen LogP contribution in [0.25, 0.3) is 11.6 Å². The summed E-state index contributed by atoms with van der Waals surface area (Å²) in [5.74, 6) is 1.44. The van der Waals surface area contributed by atoms with Crippen LogP contribution in [-0.2, 0) is 0 Å². The molecule has 0 amide bonds. The minimum absolute atomic E-state index is 0.0160. The highest BCUT2D eigenvalue weighted by Gasteiger charge is 2.43. The Morgan fingerprint density at radius 2 is 2.12 bits per heavy atom. The van der Waals surface area contributed by atoms with Gasteiger partial charge >= 0.3 is 0 Å². The van der Waals surface area contributed by atoms with Crippen molar-refractivity contribution in [2.45, 2.75) is 19.3 Å². The summed E-state index contributed by atoms with van der Waals surface area (Å²) in [5, 5.41) is 12.6. The molecule has 0 bridgehead atoms. The van der Waals surface area contributed by atoms with Crippen LogP contribution in [-0.4, -0.2) is 20.1 Å². The first-order valence-corrected chi connectivity index (χ1v) is 5.30. The van der Waals surface area contributed by atoms with E-state index < -0.39 is 0 Å². The molecule has 2 atom stereocenters. The topological polar surface area (TPSA) is 88.5 Å². The van der Waals surface area contributed by atoms with E-state index in [1.54, 1.807) is 12.4 Å². The standard InChI is InChI=1S/C11H9N5O/c1-6-4-13-9(14-5-6)10-15-11(17-16-10)8-2-7(8)3-12/h4-5,7-8H,2H2,1H3. The average Bonchev–Trinajstić information content (AvgIpc) is 2.99. The predicted octanol–water partition coefficient (Wildman–Crippen LogP) is 1.46. The van der Waals surface area contributed by atoms with Crippen LogP contribution in [0.5, 0.6) is 0 Å². The highest BCUT2D eigenvalue weighted by molar-refractivity contribution is 5.41. The molecule has 0 N–H and O–H groups in total. The van der Waals surface area contributed by atoms with Crippen LogP contribution in [0.15, 0.2) is 16.9 Å². The average molecular weight is 227 g/mol. The van der Waals surface area contributed by atoms with Crippen molar-refractivity contribution in [2.24, 2.45) is 5.92 Å². The van der Waals surface area contributed by atoms with Crippen LogP contribution in [0.4, 0.5) is 0 Å². The number of rotatable bonds is 2. The summed E-state index contributed by atoms with van der Waals surface area (Å²) in [6.45, 7) is 1.91. The lowest BCUT2D eigenvalue weighted by atomic mass is 10.3. The van der Waals surface area contributed by atoms with Gasteiger partial charge < -0.3 is 4.52 Å². The zero-order valence-corrected chi connectivity index (χ0v) is 9.16. The van der Waals surface area contributed by atoms with Crippen LogP contribution in [0.3, 0.4) is 0 Å². The van der Waals surface area contributed by atoms with E-state index >= 15 is 0 Å². The summed E-state index contributed by atoms with van der Waals surface area (Å²) >= 11 is 0. The van der Waals surface area contributed by atoms with Crippen LogP contribution >= 0.6 is 0 Å². The molecule has 2 heterocycles. The summed E-state index contributed by atoms with van der Waals surface area (Å²) in [5.41, 5.74) is 0.976. The SMILES string of the molecule is Cc1cnc(-c2noc(C3CC3C#N)n2)nc1. The second kappa shape index (κ2) is 3.63. The van der Waals surface area contributed by atoms with Crippen LogP contribution < -0.4 is 0 Å². The molecular formula is C11H9N5O. The normalized spacial score (nSPS) is 22.1. The first kappa shape index (κ1) is 9.90. The summed E-state index contributed by atoms with van der Waals surface area (Å²) in [6, 6.07) is 2.18. The van der Waals surface area contributed by atoms with Crippen molar-refractivity contribution in [3.05, 3.63) is 23.8 Å². The fraction of sp³-hybridized carbons (Fsp3) is 0.364. The number of aryl methyl sites for hydroxylation is 1. The summed E-state index contributed by atoms with van der Waals surface area (Å²) in [7, 11) is 0. The molecule has 17 heavy (non-hydrogen) atoms. The zero-order chi connectivity index (χ0) is 11.8. The summed E-state index contributed by atoms with van der Waals surface area (Å²) < 4.78 is 5.11. The molecule has 1 aliphatic carbocycles. The zero-order valence-electron chi connectivity index (χ0n) is 9.16. The van der Waals surface area contributed by atoms with Gasteiger partial charge in [-0.15, -0.1) is 0 Å². The van der Waals surface area contributed by atoms with Crippen molar-refractivity contribution < 1.29 is 4.52 Å². The molecule has 0 radical (unpaired) electrons. The molecule has 0 saturated heterocycles. The van der Waals surface area contributed by atoms with E-state index in [2.05, 4.69) is 26.2 Å². The van der Waals surface area contributed by atoms with Gasteiger partial charge in [0.1, 0.15) is 0 Å². The van der Waals surface area contributed by atoms with Crippen molar-refractivity contribution in [3.8, 4) is 17.7 Å². The fourth-order valence-electron chi connectivity index (χ4n) is 1.60. The Bertz CT molecular complexity index is 583. The molecule has 0 aliphatic heterocycles. The Labute approximate surface area is 97.3 Å². The molecule has 1 aliphatic rings. The third-order valence-corrected chi connectivity index (χ3v) is 2.70. The lowest BCUT2D eigenvalue weighted by molar-refractivity contribution is 0.378. The molecule has 1 saturated carbocycles. The van der Waals surface area contributed by atoms with Gasteiger partial charge in [-0.25, -0.2) is 9.97 Å². The maximum atomic E-state index is 8.73. The number of nitriles is 1. The number of hydrogen-bond acceptors (Lipinski definition) is 6. The minimum Gasteiger partial charge on any atom is -0.339 e. The second-order valence-corrected chi connectivity index (χ2v) is 4.12. The van der Waals surface area contributed by atoms with Crippen molar-refractivity contribution in [3.63, 3.8) is 0 Å². The second-order valence-electron chi connectivity index (χ2n) is 4.12. The van der Waals surface area contributed by atoms with Gasteiger partial charge in [0, 0.05) is 12.4 Å². The third kappa shape index (κ3) is 1.76. The van der Waals surface area contributed by atoms with Crippen molar-refractivity contribution in [2.75, 3.05) is 0 Å². The highest BCUT2D eigenvalue weighted by Crippen LogP contribution is 2.46. The van der Waals surface area contributed by atoms with Crippen molar-refractivity contribution in [1.82, 2.24) is 20.1 Å². The van der Waals surface area contributed by atoms with E-state index in [-0.39, 0.29) is 11.8 Å². The van der Waals surface area contributed by atoms with Crippen LogP contribution in [0, 0.1) is 24.2 Å². The van der Waals surface area contributed by atoms with Gasteiger partial charge in [-0.05, 0) is 18.9 Å². The van der Waals surface area contributed by atoms with Gasteiger partial charge in [0.15, 0.2) is 0 Å². The number of hydrogen-bond donors (Lipinski definition) is 0. The first-order chi connectivity index (χ1) is 8.28. The van der Waals surface area contributed by atoms with Crippen molar-refractivity contribution in [1.29, 1.82) is 5.26 Å². The molecule has 3 rings (SSSR count). The lowest BCUT2D eigenvalue weighted by Gasteiger charge is -1.92. The first-order valence-electron chi connectivity index (χ1n) is 5.30. The lowest BCUT2D eigenvalue weighted by Crippen LogP contribution is -1.91. The summed E-state index contributed by atoms with van der Waals surface area (Å²) in [6.07, 6.45) is 4.20. The van der Waals surface area contributed by atoms with Crippen LogP contribution in [0.2, 0.25) is 0 Å². The Morgan fingerprint density at radius 3 is 2.76 bits per heavy atom. The molecule has 2 aromatic heterocycles. The van der Waals surface area contributed by atoms with E-state index in [0.29, 0.717) is 17.5 Å². The maximum absolute atomic E-state index is 8.73. The molecule has 6 nitrogen and oxygen atoms in total. The number of aromatic nitrogens is 4. The Balaban J connectivity index is 1.86. The van der Waals surface area contributed by atoms with Gasteiger partial charge in [-0.1, -0.05) is 5.16 Å². The molecule has 0 spiro atoms. The highest BCUT2D eigenvalue weighted by atomic mass is 16.5. The van der Waals surface area contributed by atoms with Gasteiger partial charge in [-0.2, -0.15) is 10.2 Å². The molecule has 0 aromatic carbocycles.